The smallest absolute Gasteiger partial charge is 0.416 e. The maximum absolute atomic E-state index is 12.4. The monoisotopic (exact) mass is 228 g/mol. The minimum atomic E-state index is -4.35. The van der Waals surface area contributed by atoms with Crippen LogP contribution in [0.3, 0.4) is 0 Å². The van der Waals surface area contributed by atoms with E-state index in [9.17, 15) is 13.2 Å². The van der Waals surface area contributed by atoms with Crippen molar-refractivity contribution in [1.29, 1.82) is 0 Å². The Bertz CT molecular complexity index is 405. The van der Waals surface area contributed by atoms with Gasteiger partial charge in [0.05, 0.1) is 11.8 Å². The molecule has 0 spiro atoms. The van der Waals surface area contributed by atoms with Gasteiger partial charge in [0.1, 0.15) is 5.76 Å². The zero-order chi connectivity index (χ0) is 12.2. The van der Waals surface area contributed by atoms with Crippen molar-refractivity contribution in [2.75, 3.05) is 0 Å². The van der Waals surface area contributed by atoms with Gasteiger partial charge in [0.2, 0.25) is 0 Å². The molecule has 0 aliphatic rings. The lowest BCUT2D eigenvalue weighted by Gasteiger charge is -2.09. The fraction of sp³-hybridized carbons (Fsp3) is 0.167. The second kappa shape index (κ2) is 4.88. The van der Waals surface area contributed by atoms with Crippen LogP contribution in [-0.2, 0) is 10.9 Å². The number of alkyl halides is 3. The van der Waals surface area contributed by atoms with Crippen molar-refractivity contribution in [3.05, 3.63) is 54.3 Å². The molecule has 1 rings (SSSR count). The largest absolute Gasteiger partial charge is 0.465 e. The molecule has 0 unspecified atom stereocenters. The SMILES string of the molecule is C=C(O/C=C\C)c1cccc(C(F)(F)F)c1. The minimum Gasteiger partial charge on any atom is -0.465 e. The number of rotatable bonds is 3. The van der Waals surface area contributed by atoms with E-state index in [1.807, 2.05) is 0 Å². The Kier molecular flexibility index (Phi) is 3.77. The number of hydrogen-bond acceptors (Lipinski definition) is 1. The average molecular weight is 228 g/mol. The van der Waals surface area contributed by atoms with Gasteiger partial charge in [-0.25, -0.2) is 0 Å². The molecule has 0 saturated carbocycles. The van der Waals surface area contributed by atoms with Crippen LogP contribution in [0.1, 0.15) is 18.1 Å². The highest BCUT2D eigenvalue weighted by atomic mass is 19.4. The molecular formula is C12H11F3O. The molecular weight excluding hydrogens is 217 g/mol. The fourth-order valence-corrected chi connectivity index (χ4v) is 1.09. The predicted octanol–water partition coefficient (Wildman–Crippen LogP) is 4.23. The van der Waals surface area contributed by atoms with E-state index < -0.39 is 11.7 Å². The molecule has 0 radical (unpaired) electrons. The summed E-state index contributed by atoms with van der Waals surface area (Å²) in [4.78, 5) is 0. The Labute approximate surface area is 91.9 Å². The van der Waals surface area contributed by atoms with Gasteiger partial charge in [-0.3, -0.25) is 0 Å². The van der Waals surface area contributed by atoms with E-state index in [1.54, 1.807) is 13.0 Å². The van der Waals surface area contributed by atoms with Gasteiger partial charge in [-0.2, -0.15) is 13.2 Å². The molecule has 4 heteroatoms. The second-order valence-corrected chi connectivity index (χ2v) is 3.09. The Balaban J connectivity index is 2.95. The Hall–Kier alpha value is -1.71. The summed E-state index contributed by atoms with van der Waals surface area (Å²) < 4.78 is 42.2. The predicted molar refractivity (Wildman–Crippen MR) is 56.4 cm³/mol. The summed E-state index contributed by atoms with van der Waals surface area (Å²) in [7, 11) is 0. The zero-order valence-electron chi connectivity index (χ0n) is 8.71. The first-order valence-electron chi connectivity index (χ1n) is 4.59. The first-order valence-corrected chi connectivity index (χ1v) is 4.59. The number of halogens is 3. The van der Waals surface area contributed by atoms with Gasteiger partial charge in [-0.05, 0) is 19.1 Å². The molecule has 0 aliphatic heterocycles. The molecule has 0 atom stereocenters. The van der Waals surface area contributed by atoms with Crippen molar-refractivity contribution in [3.63, 3.8) is 0 Å². The number of hydrogen-bond donors (Lipinski definition) is 0. The van der Waals surface area contributed by atoms with E-state index in [1.165, 1.54) is 18.4 Å². The Morgan fingerprint density at radius 2 is 2.06 bits per heavy atom. The third-order valence-corrected chi connectivity index (χ3v) is 1.86. The van der Waals surface area contributed by atoms with Gasteiger partial charge in [-0.1, -0.05) is 24.8 Å². The molecule has 0 aromatic heterocycles. The van der Waals surface area contributed by atoms with Crippen molar-refractivity contribution in [1.82, 2.24) is 0 Å². The molecule has 0 amide bonds. The van der Waals surface area contributed by atoms with Crippen LogP contribution < -0.4 is 0 Å². The minimum absolute atomic E-state index is 0.184. The van der Waals surface area contributed by atoms with Crippen molar-refractivity contribution in [2.45, 2.75) is 13.1 Å². The van der Waals surface area contributed by atoms with E-state index in [2.05, 4.69) is 6.58 Å². The topological polar surface area (TPSA) is 9.23 Å². The molecule has 0 heterocycles. The van der Waals surface area contributed by atoms with Crippen molar-refractivity contribution >= 4 is 5.76 Å². The molecule has 1 nitrogen and oxygen atoms in total. The van der Waals surface area contributed by atoms with Crippen LogP contribution in [0, 0.1) is 0 Å². The summed E-state index contributed by atoms with van der Waals surface area (Å²) in [5.41, 5.74) is -0.400. The molecule has 0 aliphatic carbocycles. The molecule has 0 fully saturated rings. The highest BCUT2D eigenvalue weighted by Crippen LogP contribution is 2.30. The van der Waals surface area contributed by atoms with Gasteiger partial charge in [0.15, 0.2) is 0 Å². The van der Waals surface area contributed by atoms with E-state index in [0.717, 1.165) is 12.1 Å². The van der Waals surface area contributed by atoms with Crippen LogP contribution in [0.15, 0.2) is 43.2 Å². The third-order valence-electron chi connectivity index (χ3n) is 1.86. The standard InChI is InChI=1S/C12H11F3O/c1-3-7-16-9(2)10-5-4-6-11(8-10)12(13,14)15/h3-8H,2H2,1H3/b7-3-. The summed E-state index contributed by atoms with van der Waals surface area (Å²) in [6.07, 6.45) is -1.36. The van der Waals surface area contributed by atoms with Gasteiger partial charge >= 0.3 is 6.18 Å². The van der Waals surface area contributed by atoms with Crippen molar-refractivity contribution in [2.24, 2.45) is 0 Å². The first-order chi connectivity index (χ1) is 7.45. The average Bonchev–Trinajstić information content (AvgIpc) is 2.25. The van der Waals surface area contributed by atoms with Crippen molar-refractivity contribution < 1.29 is 17.9 Å². The molecule has 86 valence electrons. The Morgan fingerprint density at radius 1 is 1.38 bits per heavy atom. The summed E-state index contributed by atoms with van der Waals surface area (Å²) >= 11 is 0. The Morgan fingerprint density at radius 3 is 2.62 bits per heavy atom. The van der Waals surface area contributed by atoms with Gasteiger partial charge in [0.25, 0.3) is 0 Å². The van der Waals surface area contributed by atoms with Crippen LogP contribution in [0.5, 0.6) is 0 Å². The van der Waals surface area contributed by atoms with Crippen LogP contribution in [-0.4, -0.2) is 0 Å². The highest BCUT2D eigenvalue weighted by molar-refractivity contribution is 5.58. The molecule has 1 aromatic carbocycles. The molecule has 0 saturated heterocycles. The van der Waals surface area contributed by atoms with E-state index in [0.29, 0.717) is 5.56 Å². The summed E-state index contributed by atoms with van der Waals surface area (Å²) in [6, 6.07) is 4.85. The molecule has 0 N–H and O–H groups in total. The van der Waals surface area contributed by atoms with Gasteiger partial charge in [-0.15, -0.1) is 0 Å². The molecule has 0 bridgehead atoms. The van der Waals surface area contributed by atoms with Crippen molar-refractivity contribution in [3.8, 4) is 0 Å². The van der Waals surface area contributed by atoms with E-state index in [4.69, 9.17) is 4.74 Å². The maximum Gasteiger partial charge on any atom is 0.416 e. The van der Waals surface area contributed by atoms with Crippen LogP contribution in [0.4, 0.5) is 13.2 Å². The van der Waals surface area contributed by atoms with Crippen LogP contribution in [0.2, 0.25) is 0 Å². The normalized spacial score (nSPS) is 11.8. The second-order valence-electron chi connectivity index (χ2n) is 3.09. The number of allylic oxidation sites excluding steroid dienone is 1. The summed E-state index contributed by atoms with van der Waals surface area (Å²) in [5.74, 6) is 0.184. The quantitative estimate of drug-likeness (QED) is 0.703. The highest BCUT2D eigenvalue weighted by Gasteiger charge is 2.30. The lowest BCUT2D eigenvalue weighted by Crippen LogP contribution is -2.05. The van der Waals surface area contributed by atoms with Gasteiger partial charge < -0.3 is 4.74 Å². The third kappa shape index (κ3) is 3.15. The van der Waals surface area contributed by atoms with Crippen LogP contribution >= 0.6 is 0 Å². The molecule has 16 heavy (non-hydrogen) atoms. The lowest BCUT2D eigenvalue weighted by atomic mass is 10.1. The zero-order valence-corrected chi connectivity index (χ0v) is 8.71. The number of benzene rings is 1. The van der Waals surface area contributed by atoms with Gasteiger partial charge in [0, 0.05) is 5.56 Å². The number of ether oxygens (including phenoxy) is 1. The fourth-order valence-electron chi connectivity index (χ4n) is 1.09. The maximum atomic E-state index is 12.4. The summed E-state index contributed by atoms with van der Waals surface area (Å²) in [6.45, 7) is 5.28. The lowest BCUT2D eigenvalue weighted by molar-refractivity contribution is -0.137. The first kappa shape index (κ1) is 12.4. The molecule has 1 aromatic rings. The van der Waals surface area contributed by atoms with E-state index >= 15 is 0 Å². The van der Waals surface area contributed by atoms with E-state index in [-0.39, 0.29) is 5.76 Å². The van der Waals surface area contributed by atoms with Crippen LogP contribution in [0.25, 0.3) is 5.76 Å². The summed E-state index contributed by atoms with van der Waals surface area (Å²) in [5, 5.41) is 0.